The van der Waals surface area contributed by atoms with Crippen molar-refractivity contribution in [2.45, 2.75) is 46.7 Å². The van der Waals surface area contributed by atoms with Crippen LogP contribution in [-0.4, -0.2) is 37.7 Å². The molecule has 0 heterocycles. The van der Waals surface area contributed by atoms with Crippen molar-refractivity contribution < 1.29 is 9.53 Å². The molecule has 0 aromatic heterocycles. The van der Waals surface area contributed by atoms with Gasteiger partial charge in [0.15, 0.2) is 0 Å². The van der Waals surface area contributed by atoms with Crippen molar-refractivity contribution in [1.82, 2.24) is 10.6 Å². The second-order valence-corrected chi connectivity index (χ2v) is 4.54. The van der Waals surface area contributed by atoms with Crippen LogP contribution < -0.4 is 10.6 Å². The fraction of sp³-hybridized carbons (Fsp3) is 0.917. The standard InChI is InChI=1S/C12H26N2O2/c1-6-16-8-10(4)13-7-12(15)14-11(5)9(2)3/h9-11,13H,6-8H2,1-5H3,(H,14,15). The molecule has 4 nitrogen and oxygen atoms in total. The van der Waals surface area contributed by atoms with Crippen molar-refractivity contribution in [2.75, 3.05) is 19.8 Å². The molecule has 2 atom stereocenters. The molecule has 0 aliphatic carbocycles. The van der Waals surface area contributed by atoms with Gasteiger partial charge in [-0.1, -0.05) is 13.8 Å². The monoisotopic (exact) mass is 230 g/mol. The van der Waals surface area contributed by atoms with Gasteiger partial charge in [-0.3, -0.25) is 4.79 Å². The molecule has 16 heavy (non-hydrogen) atoms. The summed E-state index contributed by atoms with van der Waals surface area (Å²) in [6.07, 6.45) is 0. The lowest BCUT2D eigenvalue weighted by Gasteiger charge is -2.19. The highest BCUT2D eigenvalue weighted by atomic mass is 16.5. The Bertz CT molecular complexity index is 195. The third-order valence-electron chi connectivity index (χ3n) is 2.57. The molecule has 0 fully saturated rings. The molecule has 0 aromatic rings. The minimum absolute atomic E-state index is 0.0459. The van der Waals surface area contributed by atoms with E-state index in [0.717, 1.165) is 0 Å². The first-order valence-electron chi connectivity index (χ1n) is 6.07. The molecule has 0 bridgehead atoms. The lowest BCUT2D eigenvalue weighted by molar-refractivity contribution is -0.121. The maximum Gasteiger partial charge on any atom is 0.234 e. The Kier molecular flexibility index (Phi) is 8.21. The first kappa shape index (κ1) is 15.4. The average Bonchev–Trinajstić information content (AvgIpc) is 2.23. The Morgan fingerprint density at radius 2 is 1.88 bits per heavy atom. The fourth-order valence-corrected chi connectivity index (χ4v) is 1.09. The molecule has 1 amide bonds. The van der Waals surface area contributed by atoms with Gasteiger partial charge in [0.05, 0.1) is 13.2 Å². The van der Waals surface area contributed by atoms with Gasteiger partial charge in [-0.2, -0.15) is 0 Å². The number of carbonyl (C=O) groups excluding carboxylic acids is 1. The summed E-state index contributed by atoms with van der Waals surface area (Å²) < 4.78 is 5.25. The molecule has 0 saturated carbocycles. The van der Waals surface area contributed by atoms with Gasteiger partial charge in [-0.25, -0.2) is 0 Å². The van der Waals surface area contributed by atoms with Crippen LogP contribution in [0.4, 0.5) is 0 Å². The van der Waals surface area contributed by atoms with Crippen molar-refractivity contribution >= 4 is 5.91 Å². The predicted octanol–water partition coefficient (Wildman–Crippen LogP) is 1.16. The predicted molar refractivity (Wildman–Crippen MR) is 66.4 cm³/mol. The number of hydrogen-bond acceptors (Lipinski definition) is 3. The van der Waals surface area contributed by atoms with Crippen LogP contribution in [0.2, 0.25) is 0 Å². The van der Waals surface area contributed by atoms with Gasteiger partial charge in [0, 0.05) is 18.7 Å². The van der Waals surface area contributed by atoms with Gasteiger partial charge in [-0.15, -0.1) is 0 Å². The zero-order valence-corrected chi connectivity index (χ0v) is 11.2. The zero-order valence-electron chi connectivity index (χ0n) is 11.2. The van der Waals surface area contributed by atoms with Crippen LogP contribution in [-0.2, 0) is 9.53 Å². The molecule has 0 rings (SSSR count). The van der Waals surface area contributed by atoms with E-state index in [0.29, 0.717) is 25.7 Å². The third kappa shape index (κ3) is 7.65. The van der Waals surface area contributed by atoms with E-state index in [1.807, 2.05) is 20.8 Å². The number of nitrogens with one attached hydrogen (secondary N) is 2. The number of ether oxygens (including phenoxy) is 1. The van der Waals surface area contributed by atoms with Crippen LogP contribution in [0, 0.1) is 5.92 Å². The molecule has 0 aromatic carbocycles. The largest absolute Gasteiger partial charge is 0.380 e. The maximum atomic E-state index is 11.5. The highest BCUT2D eigenvalue weighted by Crippen LogP contribution is 1.98. The molecule has 2 unspecified atom stereocenters. The highest BCUT2D eigenvalue weighted by molar-refractivity contribution is 5.78. The molecule has 0 spiro atoms. The van der Waals surface area contributed by atoms with Crippen LogP contribution in [0.1, 0.15) is 34.6 Å². The van der Waals surface area contributed by atoms with E-state index >= 15 is 0 Å². The van der Waals surface area contributed by atoms with Gasteiger partial charge < -0.3 is 15.4 Å². The first-order valence-corrected chi connectivity index (χ1v) is 6.07. The smallest absolute Gasteiger partial charge is 0.234 e. The van der Waals surface area contributed by atoms with Crippen molar-refractivity contribution in [2.24, 2.45) is 5.92 Å². The Labute approximate surface area is 99.1 Å². The molecule has 0 aliphatic heterocycles. The van der Waals surface area contributed by atoms with Crippen LogP contribution in [0.3, 0.4) is 0 Å². The second-order valence-electron chi connectivity index (χ2n) is 4.54. The van der Waals surface area contributed by atoms with Crippen molar-refractivity contribution in [1.29, 1.82) is 0 Å². The average molecular weight is 230 g/mol. The summed E-state index contributed by atoms with van der Waals surface area (Å²) in [5, 5.41) is 6.07. The van der Waals surface area contributed by atoms with Crippen LogP contribution >= 0.6 is 0 Å². The number of amides is 1. The SMILES string of the molecule is CCOCC(C)NCC(=O)NC(C)C(C)C. The highest BCUT2D eigenvalue weighted by Gasteiger charge is 2.11. The minimum Gasteiger partial charge on any atom is -0.380 e. The molecule has 0 aliphatic rings. The van der Waals surface area contributed by atoms with Crippen molar-refractivity contribution in [3.05, 3.63) is 0 Å². The van der Waals surface area contributed by atoms with E-state index in [1.54, 1.807) is 0 Å². The number of hydrogen-bond donors (Lipinski definition) is 2. The van der Waals surface area contributed by atoms with Gasteiger partial charge >= 0.3 is 0 Å². The van der Waals surface area contributed by atoms with Crippen LogP contribution in [0.15, 0.2) is 0 Å². The molecular weight excluding hydrogens is 204 g/mol. The maximum absolute atomic E-state index is 11.5. The minimum atomic E-state index is 0.0459. The second kappa shape index (κ2) is 8.53. The quantitative estimate of drug-likeness (QED) is 0.658. The Balaban J connectivity index is 3.64. The number of rotatable bonds is 8. The van der Waals surface area contributed by atoms with E-state index in [-0.39, 0.29) is 18.0 Å². The van der Waals surface area contributed by atoms with Crippen LogP contribution in [0.5, 0.6) is 0 Å². The van der Waals surface area contributed by atoms with Gasteiger partial charge in [0.1, 0.15) is 0 Å². The van der Waals surface area contributed by atoms with E-state index < -0.39 is 0 Å². The summed E-state index contributed by atoms with van der Waals surface area (Å²) in [6.45, 7) is 11.9. The summed E-state index contributed by atoms with van der Waals surface area (Å²) in [5.41, 5.74) is 0. The van der Waals surface area contributed by atoms with E-state index in [1.165, 1.54) is 0 Å². The molecule has 96 valence electrons. The Morgan fingerprint density at radius 3 is 2.38 bits per heavy atom. The van der Waals surface area contributed by atoms with Crippen molar-refractivity contribution in [3.63, 3.8) is 0 Å². The summed E-state index contributed by atoms with van der Waals surface area (Å²) in [4.78, 5) is 11.5. The summed E-state index contributed by atoms with van der Waals surface area (Å²) in [7, 11) is 0. The number of carbonyl (C=O) groups is 1. The van der Waals surface area contributed by atoms with E-state index in [4.69, 9.17) is 4.74 Å². The lowest BCUT2D eigenvalue weighted by atomic mass is 10.1. The fourth-order valence-electron chi connectivity index (χ4n) is 1.09. The normalized spacial score (nSPS) is 14.9. The van der Waals surface area contributed by atoms with E-state index in [2.05, 4.69) is 24.5 Å². The molecular formula is C12H26N2O2. The molecule has 0 radical (unpaired) electrons. The van der Waals surface area contributed by atoms with Crippen LogP contribution in [0.25, 0.3) is 0 Å². The van der Waals surface area contributed by atoms with Gasteiger partial charge in [-0.05, 0) is 26.7 Å². The topological polar surface area (TPSA) is 50.4 Å². The van der Waals surface area contributed by atoms with Gasteiger partial charge in [0.2, 0.25) is 5.91 Å². The Hall–Kier alpha value is -0.610. The molecule has 0 saturated heterocycles. The summed E-state index contributed by atoms with van der Waals surface area (Å²) >= 11 is 0. The Morgan fingerprint density at radius 1 is 1.25 bits per heavy atom. The molecule has 2 N–H and O–H groups in total. The third-order valence-corrected chi connectivity index (χ3v) is 2.57. The zero-order chi connectivity index (χ0) is 12.6. The first-order chi connectivity index (χ1) is 7.47. The molecule has 4 heteroatoms. The summed E-state index contributed by atoms with van der Waals surface area (Å²) in [5.74, 6) is 0.509. The lowest BCUT2D eigenvalue weighted by Crippen LogP contribution is -2.44. The summed E-state index contributed by atoms with van der Waals surface area (Å²) in [6, 6.07) is 0.427. The van der Waals surface area contributed by atoms with Gasteiger partial charge in [0.25, 0.3) is 0 Å². The van der Waals surface area contributed by atoms with E-state index in [9.17, 15) is 4.79 Å². The van der Waals surface area contributed by atoms with Crippen molar-refractivity contribution in [3.8, 4) is 0 Å².